The number of hydroxylamine groups is 1. The predicted molar refractivity (Wildman–Crippen MR) is 125 cm³/mol. The molecule has 0 spiro atoms. The third-order valence-electron chi connectivity index (χ3n) is 4.99. The van der Waals surface area contributed by atoms with Crippen molar-refractivity contribution in [2.24, 2.45) is 4.99 Å². The van der Waals surface area contributed by atoms with Gasteiger partial charge in [0.15, 0.2) is 0 Å². The van der Waals surface area contributed by atoms with Crippen LogP contribution in [0.3, 0.4) is 0 Å². The zero-order valence-electron chi connectivity index (χ0n) is 18.8. The fraction of sp³-hybridized carbons (Fsp3) is 0.250. The quantitative estimate of drug-likeness (QED) is 0.221. The molecule has 0 aliphatic carbocycles. The summed E-state index contributed by atoms with van der Waals surface area (Å²) < 4.78 is 6.38. The normalized spacial score (nSPS) is 11.0. The van der Waals surface area contributed by atoms with Crippen LogP contribution in [0.2, 0.25) is 0 Å². The highest BCUT2D eigenvalue weighted by molar-refractivity contribution is 5.86. The Morgan fingerprint density at radius 2 is 1.88 bits per heavy atom. The third kappa shape index (κ3) is 5.45. The second kappa shape index (κ2) is 11.1. The number of aromatic nitrogens is 2. The van der Waals surface area contributed by atoms with E-state index < -0.39 is 5.97 Å². The van der Waals surface area contributed by atoms with Gasteiger partial charge in [-0.05, 0) is 49.2 Å². The Hall–Kier alpha value is -3.98. The third-order valence-corrected chi connectivity index (χ3v) is 4.99. The van der Waals surface area contributed by atoms with Crippen LogP contribution in [0.15, 0.2) is 58.3 Å². The number of hydrogen-bond donors (Lipinski definition) is 1. The number of carbonyl (C=O) groups is 2. The van der Waals surface area contributed by atoms with E-state index in [1.54, 1.807) is 31.2 Å². The average molecular weight is 450 g/mol. The molecule has 33 heavy (non-hydrogen) atoms. The minimum Gasteiger partial charge on any atom is -0.466 e. The molecule has 0 unspecified atom stereocenters. The SMILES string of the molecule is CCOC(=O)Cc1[nH]n(-c2ccc(N(C=O)OC)cc2)c(=O)c1C=Nc1ccccc1CC. The van der Waals surface area contributed by atoms with Gasteiger partial charge in [-0.1, -0.05) is 25.1 Å². The van der Waals surface area contributed by atoms with Crippen LogP contribution in [0, 0.1) is 0 Å². The van der Waals surface area contributed by atoms with Gasteiger partial charge in [-0.2, -0.15) is 5.06 Å². The van der Waals surface area contributed by atoms with Crippen molar-refractivity contribution >= 4 is 30.0 Å². The van der Waals surface area contributed by atoms with Gasteiger partial charge in [0.25, 0.3) is 5.56 Å². The monoisotopic (exact) mass is 450 g/mol. The molecule has 1 aromatic heterocycles. The summed E-state index contributed by atoms with van der Waals surface area (Å²) in [6.07, 6.45) is 2.71. The summed E-state index contributed by atoms with van der Waals surface area (Å²) in [4.78, 5) is 45.9. The number of ether oxygens (including phenoxy) is 1. The summed E-state index contributed by atoms with van der Waals surface area (Å²) >= 11 is 0. The molecule has 172 valence electrons. The summed E-state index contributed by atoms with van der Waals surface area (Å²) in [6, 6.07) is 14.3. The summed E-state index contributed by atoms with van der Waals surface area (Å²) in [5.41, 5.74) is 3.12. The minimum atomic E-state index is -0.452. The molecule has 9 nitrogen and oxygen atoms in total. The Balaban J connectivity index is 2.03. The molecule has 3 aromatic rings. The van der Waals surface area contributed by atoms with E-state index in [0.29, 0.717) is 23.5 Å². The Morgan fingerprint density at radius 3 is 2.52 bits per heavy atom. The number of nitrogens with zero attached hydrogens (tertiary/aromatic N) is 3. The van der Waals surface area contributed by atoms with E-state index >= 15 is 0 Å². The van der Waals surface area contributed by atoms with Crippen molar-refractivity contribution in [3.63, 3.8) is 0 Å². The Bertz CT molecular complexity index is 1190. The molecule has 0 aliphatic heterocycles. The molecule has 1 amide bonds. The van der Waals surface area contributed by atoms with E-state index in [0.717, 1.165) is 22.7 Å². The lowest BCUT2D eigenvalue weighted by Gasteiger charge is -2.13. The predicted octanol–water partition coefficient (Wildman–Crippen LogP) is 3.11. The van der Waals surface area contributed by atoms with Gasteiger partial charge in [0.2, 0.25) is 6.41 Å². The molecule has 0 saturated heterocycles. The first kappa shape index (κ1) is 23.7. The smallest absolute Gasteiger partial charge is 0.311 e. The molecule has 0 saturated carbocycles. The number of aromatic amines is 1. The molecule has 0 fully saturated rings. The van der Waals surface area contributed by atoms with Crippen LogP contribution in [0.5, 0.6) is 0 Å². The van der Waals surface area contributed by atoms with E-state index in [1.165, 1.54) is 18.0 Å². The largest absolute Gasteiger partial charge is 0.466 e. The molecule has 1 N–H and O–H groups in total. The number of benzene rings is 2. The lowest BCUT2D eigenvalue weighted by molar-refractivity contribution is -0.142. The minimum absolute atomic E-state index is 0.104. The highest BCUT2D eigenvalue weighted by atomic mass is 16.7. The van der Waals surface area contributed by atoms with Crippen LogP contribution in [0.4, 0.5) is 11.4 Å². The standard InChI is InChI=1S/C24H26N4O5/c1-4-17-8-6-7-9-21(17)25-15-20-22(14-23(30)33-5-2)26-28(24(20)31)19-12-10-18(11-13-19)27(16-29)32-3/h6-13,15-16,26H,4-5,14H2,1-3H3. The van der Waals surface area contributed by atoms with Crippen LogP contribution in [0.25, 0.3) is 5.69 Å². The molecule has 2 aromatic carbocycles. The highest BCUT2D eigenvalue weighted by Crippen LogP contribution is 2.20. The van der Waals surface area contributed by atoms with Gasteiger partial charge in [-0.3, -0.25) is 29.3 Å². The first-order valence-electron chi connectivity index (χ1n) is 10.5. The van der Waals surface area contributed by atoms with E-state index in [9.17, 15) is 14.4 Å². The molecule has 0 atom stereocenters. The number of H-pyrrole nitrogens is 1. The lowest BCUT2D eigenvalue weighted by Crippen LogP contribution is -2.20. The molecule has 3 rings (SSSR count). The number of aliphatic imine (C=N–C) groups is 1. The number of rotatable bonds is 10. The maximum absolute atomic E-state index is 13.2. The number of amides is 1. The second-order valence-electron chi connectivity index (χ2n) is 7.00. The first-order chi connectivity index (χ1) is 16.0. The summed E-state index contributed by atoms with van der Waals surface area (Å²) in [6.45, 7) is 3.99. The van der Waals surface area contributed by atoms with Crippen LogP contribution in [-0.2, 0) is 32.0 Å². The van der Waals surface area contributed by atoms with Gasteiger partial charge in [0.1, 0.15) is 0 Å². The Labute approximate surface area is 191 Å². The molecule has 9 heteroatoms. The maximum Gasteiger partial charge on any atom is 0.311 e. The number of para-hydroxylation sites is 1. The van der Waals surface area contributed by atoms with Crippen molar-refractivity contribution in [3.8, 4) is 5.69 Å². The van der Waals surface area contributed by atoms with Gasteiger partial charge in [0.05, 0.1) is 48.5 Å². The van der Waals surface area contributed by atoms with Crippen molar-refractivity contribution in [3.05, 3.63) is 75.7 Å². The average Bonchev–Trinajstić information content (AvgIpc) is 3.14. The van der Waals surface area contributed by atoms with Crippen LogP contribution >= 0.6 is 0 Å². The van der Waals surface area contributed by atoms with Crippen molar-refractivity contribution in [1.29, 1.82) is 0 Å². The maximum atomic E-state index is 13.2. The van der Waals surface area contributed by atoms with E-state index in [1.807, 2.05) is 31.2 Å². The summed E-state index contributed by atoms with van der Waals surface area (Å²) in [5.74, 6) is -0.452. The van der Waals surface area contributed by atoms with E-state index in [-0.39, 0.29) is 24.2 Å². The van der Waals surface area contributed by atoms with Gasteiger partial charge >= 0.3 is 5.97 Å². The molecular formula is C24H26N4O5. The topological polar surface area (TPSA) is 106 Å². The van der Waals surface area contributed by atoms with Crippen molar-refractivity contribution in [2.45, 2.75) is 26.7 Å². The second-order valence-corrected chi connectivity index (χ2v) is 7.00. The zero-order valence-corrected chi connectivity index (χ0v) is 18.8. The van der Waals surface area contributed by atoms with Crippen molar-refractivity contribution in [2.75, 3.05) is 18.8 Å². The fourth-order valence-corrected chi connectivity index (χ4v) is 3.33. The van der Waals surface area contributed by atoms with Crippen LogP contribution in [-0.4, -0.2) is 42.1 Å². The highest BCUT2D eigenvalue weighted by Gasteiger charge is 2.18. The van der Waals surface area contributed by atoms with Crippen LogP contribution < -0.4 is 10.6 Å². The van der Waals surface area contributed by atoms with Crippen molar-refractivity contribution in [1.82, 2.24) is 9.78 Å². The number of esters is 1. The van der Waals surface area contributed by atoms with E-state index in [2.05, 4.69) is 10.1 Å². The molecule has 0 aliphatic rings. The molecular weight excluding hydrogens is 424 g/mol. The van der Waals surface area contributed by atoms with Gasteiger partial charge in [-0.25, -0.2) is 4.68 Å². The number of nitrogens with one attached hydrogen (secondary N) is 1. The fourth-order valence-electron chi connectivity index (χ4n) is 3.33. The van der Waals surface area contributed by atoms with Gasteiger partial charge in [-0.15, -0.1) is 0 Å². The number of carbonyl (C=O) groups excluding carboxylic acids is 2. The van der Waals surface area contributed by atoms with Crippen LogP contribution in [0.1, 0.15) is 30.7 Å². The van der Waals surface area contributed by atoms with E-state index in [4.69, 9.17) is 9.57 Å². The Morgan fingerprint density at radius 1 is 1.15 bits per heavy atom. The molecule has 0 bridgehead atoms. The Kier molecular flexibility index (Phi) is 7.93. The molecule has 0 radical (unpaired) electrons. The van der Waals surface area contributed by atoms with Crippen molar-refractivity contribution < 1.29 is 19.2 Å². The molecule has 1 heterocycles. The lowest BCUT2D eigenvalue weighted by atomic mass is 10.1. The summed E-state index contributed by atoms with van der Waals surface area (Å²) in [7, 11) is 1.38. The summed E-state index contributed by atoms with van der Waals surface area (Å²) in [5, 5.41) is 4.05. The number of anilines is 1. The number of aryl methyl sites for hydroxylation is 1. The van der Waals surface area contributed by atoms with Gasteiger partial charge in [0, 0.05) is 6.21 Å². The van der Waals surface area contributed by atoms with Gasteiger partial charge < -0.3 is 4.74 Å². The first-order valence-corrected chi connectivity index (χ1v) is 10.5. The number of hydrogen-bond acceptors (Lipinski definition) is 6. The zero-order chi connectivity index (χ0) is 23.8.